The molecule has 0 unspecified atom stereocenters. The van der Waals surface area contributed by atoms with Gasteiger partial charge in [-0.2, -0.15) is 0 Å². The lowest BCUT2D eigenvalue weighted by molar-refractivity contribution is -0.144. The van der Waals surface area contributed by atoms with Gasteiger partial charge in [-0.1, -0.05) is 55.8 Å². The zero-order valence-corrected chi connectivity index (χ0v) is 23.6. The van der Waals surface area contributed by atoms with Crippen molar-refractivity contribution in [3.05, 3.63) is 87.7 Å². The average molecular weight is 548 g/mol. The molecule has 0 amide bonds. The Hall–Kier alpha value is -2.93. The lowest BCUT2D eigenvalue weighted by atomic mass is 9.88. The molecule has 1 aromatic heterocycles. The maximum Gasteiger partial charge on any atom is 0.337 e. The Morgan fingerprint density at radius 2 is 1.68 bits per heavy atom. The molecule has 2 aromatic carbocycles. The minimum Gasteiger partial charge on any atom is -0.465 e. The third kappa shape index (κ3) is 8.29. The first-order valence-electron chi connectivity index (χ1n) is 11.8. The number of hydrogen-bond acceptors (Lipinski definition) is 6. The van der Waals surface area contributed by atoms with Crippen LogP contribution >= 0.6 is 24.8 Å². The smallest absolute Gasteiger partial charge is 0.337 e. The van der Waals surface area contributed by atoms with Crippen molar-refractivity contribution < 1.29 is 19.1 Å². The lowest BCUT2D eigenvalue weighted by Gasteiger charge is -2.21. The van der Waals surface area contributed by atoms with E-state index in [4.69, 9.17) is 20.2 Å². The van der Waals surface area contributed by atoms with Gasteiger partial charge in [0.15, 0.2) is 0 Å². The maximum atomic E-state index is 12.9. The number of carbonyl (C=O) groups is 2. The first-order valence-corrected chi connectivity index (χ1v) is 11.8. The Morgan fingerprint density at radius 3 is 2.27 bits per heavy atom. The summed E-state index contributed by atoms with van der Waals surface area (Å²) < 4.78 is 10.3. The quantitative estimate of drug-likeness (QED) is 0.334. The molecule has 0 saturated heterocycles. The van der Waals surface area contributed by atoms with E-state index in [0.717, 1.165) is 45.6 Å². The summed E-state index contributed by atoms with van der Waals surface area (Å²) in [5.74, 6) is -0.376. The predicted molar refractivity (Wildman–Crippen MR) is 151 cm³/mol. The summed E-state index contributed by atoms with van der Waals surface area (Å²) in [6.07, 6.45) is 0.890. The van der Waals surface area contributed by atoms with Crippen LogP contribution in [0.4, 0.5) is 0 Å². The monoisotopic (exact) mass is 546 g/mol. The van der Waals surface area contributed by atoms with Gasteiger partial charge in [0, 0.05) is 17.9 Å². The zero-order chi connectivity index (χ0) is 25.5. The number of nitrogens with zero attached hydrogens (tertiary/aromatic N) is 1. The van der Waals surface area contributed by atoms with E-state index < -0.39 is 5.97 Å². The minimum atomic E-state index is -0.432. The number of aromatic nitrogens is 1. The molecule has 3 aromatic rings. The molecule has 0 saturated carbocycles. The molecule has 0 spiro atoms. The van der Waals surface area contributed by atoms with E-state index >= 15 is 0 Å². The van der Waals surface area contributed by atoms with Gasteiger partial charge in [0.05, 0.1) is 19.1 Å². The molecule has 6 nitrogen and oxygen atoms in total. The Balaban J connectivity index is 0.00000342. The van der Waals surface area contributed by atoms with Crippen molar-refractivity contribution in [1.29, 1.82) is 0 Å². The number of rotatable bonds is 9. The maximum absolute atomic E-state index is 12.9. The number of hydrogen-bond donors (Lipinski definition) is 1. The van der Waals surface area contributed by atoms with Crippen molar-refractivity contribution in [3.8, 4) is 11.1 Å². The van der Waals surface area contributed by atoms with E-state index in [1.807, 2.05) is 13.8 Å². The highest BCUT2D eigenvalue weighted by Gasteiger charge is 2.21. The van der Waals surface area contributed by atoms with Gasteiger partial charge in [0.1, 0.15) is 6.61 Å². The molecule has 0 bridgehead atoms. The number of methoxy groups -OCH3 is 1. The van der Waals surface area contributed by atoms with Crippen molar-refractivity contribution in [2.45, 2.75) is 53.7 Å². The number of aryl methyl sites for hydroxylation is 2. The Labute approximate surface area is 231 Å². The van der Waals surface area contributed by atoms with E-state index in [-0.39, 0.29) is 43.8 Å². The van der Waals surface area contributed by atoms with Gasteiger partial charge in [-0.25, -0.2) is 4.79 Å². The standard InChI is InChI=1S/C29H34N2O4.2ClH/c1-18(2)13-26-25(16-30)28(22-11-9-19(3)10-12-22)24(20(4)31-26)15-27(32)35-17-21-7-6-8-23(14-21)29(33)34-5;;/h6-12,14,18H,13,15-17,30H2,1-5H3;2*1H. The third-order valence-electron chi connectivity index (χ3n) is 5.91. The fraction of sp³-hybridized carbons (Fsp3) is 0.345. The SMILES string of the molecule is COC(=O)c1cccc(COC(=O)Cc2c(C)nc(CC(C)C)c(CN)c2-c2ccc(C)cc2)c1.Cl.Cl. The van der Waals surface area contributed by atoms with Crippen molar-refractivity contribution >= 4 is 36.8 Å². The first kappa shape index (κ1) is 32.1. The highest BCUT2D eigenvalue weighted by Crippen LogP contribution is 2.33. The van der Waals surface area contributed by atoms with Crippen molar-refractivity contribution in [3.63, 3.8) is 0 Å². The third-order valence-corrected chi connectivity index (χ3v) is 5.91. The molecule has 37 heavy (non-hydrogen) atoms. The molecule has 200 valence electrons. The van der Waals surface area contributed by atoms with Gasteiger partial charge in [-0.05, 0) is 66.1 Å². The summed E-state index contributed by atoms with van der Waals surface area (Å²) in [5.41, 5.74) is 14.1. The van der Waals surface area contributed by atoms with Crippen molar-refractivity contribution in [1.82, 2.24) is 4.98 Å². The number of benzene rings is 2. The number of esters is 2. The van der Waals surface area contributed by atoms with Crippen LogP contribution in [0, 0.1) is 19.8 Å². The van der Waals surface area contributed by atoms with Crippen LogP contribution in [0.1, 0.15) is 57.8 Å². The van der Waals surface area contributed by atoms with Gasteiger partial charge >= 0.3 is 11.9 Å². The number of halogens is 2. The summed E-state index contributed by atoms with van der Waals surface area (Å²) in [5, 5.41) is 0. The molecule has 0 fully saturated rings. The van der Waals surface area contributed by atoms with Crippen molar-refractivity contribution in [2.75, 3.05) is 7.11 Å². The second kappa shape index (κ2) is 14.7. The fourth-order valence-electron chi connectivity index (χ4n) is 4.17. The summed E-state index contributed by atoms with van der Waals surface area (Å²) in [7, 11) is 1.33. The summed E-state index contributed by atoms with van der Waals surface area (Å²) in [6, 6.07) is 15.1. The van der Waals surface area contributed by atoms with Gasteiger partial charge < -0.3 is 15.2 Å². The van der Waals surface area contributed by atoms with E-state index in [1.165, 1.54) is 7.11 Å². The Bertz CT molecular complexity index is 1210. The highest BCUT2D eigenvalue weighted by molar-refractivity contribution is 5.89. The van der Waals surface area contributed by atoms with Gasteiger partial charge in [0.2, 0.25) is 0 Å². The van der Waals surface area contributed by atoms with Gasteiger partial charge in [0.25, 0.3) is 0 Å². The zero-order valence-electron chi connectivity index (χ0n) is 22.0. The Kier molecular flexibility index (Phi) is 12.8. The van der Waals surface area contributed by atoms with E-state index in [9.17, 15) is 9.59 Å². The second-order valence-electron chi connectivity index (χ2n) is 9.17. The van der Waals surface area contributed by atoms with Crippen LogP contribution in [0.25, 0.3) is 11.1 Å². The molecular weight excluding hydrogens is 511 g/mol. The molecule has 0 atom stereocenters. The van der Waals surface area contributed by atoms with E-state index in [0.29, 0.717) is 23.6 Å². The summed E-state index contributed by atoms with van der Waals surface area (Å²) in [4.78, 5) is 29.6. The molecule has 0 aliphatic carbocycles. The summed E-state index contributed by atoms with van der Waals surface area (Å²) >= 11 is 0. The van der Waals surface area contributed by atoms with Crippen LogP contribution in [0.3, 0.4) is 0 Å². The topological polar surface area (TPSA) is 91.5 Å². The van der Waals surface area contributed by atoms with E-state index in [2.05, 4.69) is 38.1 Å². The first-order chi connectivity index (χ1) is 16.7. The minimum absolute atomic E-state index is 0. The Morgan fingerprint density at radius 1 is 1.00 bits per heavy atom. The van der Waals surface area contributed by atoms with Crippen LogP contribution in [0.15, 0.2) is 48.5 Å². The van der Waals surface area contributed by atoms with Crippen LogP contribution in [0.2, 0.25) is 0 Å². The molecular formula is C29H36Cl2N2O4. The van der Waals surface area contributed by atoms with Crippen molar-refractivity contribution in [2.24, 2.45) is 11.7 Å². The average Bonchev–Trinajstić information content (AvgIpc) is 2.84. The molecule has 3 rings (SSSR count). The molecule has 0 aliphatic rings. The lowest BCUT2D eigenvalue weighted by Crippen LogP contribution is -2.16. The van der Waals surface area contributed by atoms with Crippen LogP contribution in [0.5, 0.6) is 0 Å². The molecule has 1 heterocycles. The molecule has 0 radical (unpaired) electrons. The molecule has 2 N–H and O–H groups in total. The predicted octanol–water partition coefficient (Wildman–Crippen LogP) is 5.94. The van der Waals surface area contributed by atoms with Crippen LogP contribution in [-0.4, -0.2) is 24.0 Å². The number of carbonyl (C=O) groups excluding carboxylic acids is 2. The molecule has 8 heteroatoms. The normalized spacial score (nSPS) is 10.4. The van der Waals surface area contributed by atoms with Gasteiger partial charge in [-0.15, -0.1) is 24.8 Å². The second-order valence-corrected chi connectivity index (χ2v) is 9.17. The number of pyridine rings is 1. The largest absolute Gasteiger partial charge is 0.465 e. The van der Waals surface area contributed by atoms with Crippen LogP contribution in [-0.2, 0) is 40.3 Å². The number of ether oxygens (including phenoxy) is 2. The highest BCUT2D eigenvalue weighted by atomic mass is 35.5. The van der Waals surface area contributed by atoms with E-state index in [1.54, 1.807) is 24.3 Å². The fourth-order valence-corrected chi connectivity index (χ4v) is 4.17. The van der Waals surface area contributed by atoms with Gasteiger partial charge in [-0.3, -0.25) is 9.78 Å². The molecule has 0 aliphatic heterocycles. The number of nitrogens with two attached hydrogens (primary N) is 1. The summed E-state index contributed by atoms with van der Waals surface area (Å²) in [6.45, 7) is 8.69. The van der Waals surface area contributed by atoms with Crippen LogP contribution < -0.4 is 5.73 Å².